The van der Waals surface area contributed by atoms with E-state index in [4.69, 9.17) is 4.74 Å². The van der Waals surface area contributed by atoms with Crippen molar-refractivity contribution in [3.05, 3.63) is 63.0 Å². The second-order valence-corrected chi connectivity index (χ2v) is 7.17. The number of anilines is 1. The number of nitro groups is 1. The number of thiophene rings is 1. The van der Waals surface area contributed by atoms with Gasteiger partial charge in [0.05, 0.1) is 9.80 Å². The van der Waals surface area contributed by atoms with E-state index in [0.29, 0.717) is 5.01 Å². The molecule has 138 valence electrons. The van der Waals surface area contributed by atoms with E-state index >= 15 is 0 Å². The molecule has 0 saturated carbocycles. The summed E-state index contributed by atoms with van der Waals surface area (Å²) in [4.78, 5) is 39.8. The van der Waals surface area contributed by atoms with Crippen LogP contribution in [0, 0.1) is 10.1 Å². The monoisotopic (exact) mass is 403 g/mol. The van der Waals surface area contributed by atoms with Gasteiger partial charge >= 0.3 is 5.97 Å². The molecule has 10 heteroatoms. The van der Waals surface area contributed by atoms with Gasteiger partial charge in [0.25, 0.3) is 11.6 Å². The van der Waals surface area contributed by atoms with Gasteiger partial charge in [0, 0.05) is 23.2 Å². The number of carbonyl (C=O) groups excluding carboxylic acids is 2. The summed E-state index contributed by atoms with van der Waals surface area (Å²) in [6.07, 6.45) is -1.09. The number of ether oxygens (including phenoxy) is 1. The molecule has 3 aromatic rings. The van der Waals surface area contributed by atoms with Gasteiger partial charge in [-0.25, -0.2) is 9.78 Å². The molecule has 0 aliphatic carbocycles. The number of nitrogens with one attached hydrogen (secondary N) is 1. The van der Waals surface area contributed by atoms with Crippen LogP contribution in [-0.4, -0.2) is 27.9 Å². The Labute approximate surface area is 161 Å². The highest BCUT2D eigenvalue weighted by Crippen LogP contribution is 2.28. The Morgan fingerprint density at radius 2 is 2.07 bits per heavy atom. The normalized spacial score (nSPS) is 11.6. The number of rotatable bonds is 6. The molecule has 2 heterocycles. The number of non-ortho nitro benzene ring substituents is 1. The van der Waals surface area contributed by atoms with E-state index in [-0.39, 0.29) is 17.1 Å². The highest BCUT2D eigenvalue weighted by Gasteiger charge is 2.21. The number of nitrogens with zero attached hydrogens (tertiary/aromatic N) is 2. The van der Waals surface area contributed by atoms with Crippen LogP contribution in [0.1, 0.15) is 17.4 Å². The minimum atomic E-state index is -1.09. The van der Waals surface area contributed by atoms with Gasteiger partial charge in [-0.15, -0.1) is 22.7 Å². The molecule has 0 aliphatic rings. The van der Waals surface area contributed by atoms with Gasteiger partial charge in [-0.1, -0.05) is 12.1 Å². The maximum absolute atomic E-state index is 12.2. The topological polar surface area (TPSA) is 111 Å². The fourth-order valence-corrected chi connectivity index (χ4v) is 3.70. The summed E-state index contributed by atoms with van der Waals surface area (Å²) in [7, 11) is 0. The average molecular weight is 403 g/mol. The SMILES string of the molecule is CC(OC(=O)c1csc(-c2cccs2)n1)C(=O)Nc1cccc([N+](=O)[O-])c1. The van der Waals surface area contributed by atoms with Crippen LogP contribution in [-0.2, 0) is 9.53 Å². The molecular formula is C17H13N3O5S2. The second kappa shape index (κ2) is 8.06. The third-order valence-corrected chi connectivity index (χ3v) is 5.30. The standard InChI is InChI=1S/C17H13N3O5S2/c1-10(15(21)18-11-4-2-5-12(8-11)20(23)24)25-17(22)13-9-27-16(19-13)14-6-3-7-26-14/h2-10H,1H3,(H,18,21). The lowest BCUT2D eigenvalue weighted by atomic mass is 10.2. The molecule has 8 nitrogen and oxygen atoms in total. The number of hydrogen-bond acceptors (Lipinski definition) is 8. The Balaban J connectivity index is 1.62. The number of benzene rings is 1. The minimum absolute atomic E-state index is 0.124. The number of thiazole rings is 1. The first-order valence-corrected chi connectivity index (χ1v) is 9.45. The Kier molecular flexibility index (Phi) is 5.57. The fraction of sp³-hybridized carbons (Fsp3) is 0.118. The molecule has 0 spiro atoms. The first-order chi connectivity index (χ1) is 12.9. The number of aromatic nitrogens is 1. The number of esters is 1. The molecule has 1 aromatic carbocycles. The average Bonchev–Trinajstić information content (AvgIpc) is 3.33. The predicted octanol–water partition coefficient (Wildman–Crippen LogP) is 3.96. The van der Waals surface area contributed by atoms with Crippen molar-refractivity contribution in [3.8, 4) is 9.88 Å². The van der Waals surface area contributed by atoms with E-state index in [1.165, 1.54) is 53.9 Å². The molecule has 0 fully saturated rings. The molecule has 1 amide bonds. The zero-order valence-corrected chi connectivity index (χ0v) is 15.6. The van der Waals surface area contributed by atoms with E-state index in [2.05, 4.69) is 10.3 Å². The van der Waals surface area contributed by atoms with Crippen LogP contribution in [0.25, 0.3) is 9.88 Å². The van der Waals surface area contributed by atoms with Gasteiger partial charge in [-0.2, -0.15) is 0 Å². The molecular weight excluding hydrogens is 390 g/mol. The zero-order chi connectivity index (χ0) is 19.4. The van der Waals surface area contributed by atoms with Gasteiger partial charge in [0.1, 0.15) is 5.01 Å². The van der Waals surface area contributed by atoms with Gasteiger partial charge in [-0.3, -0.25) is 14.9 Å². The molecule has 2 aromatic heterocycles. The lowest BCUT2D eigenvalue weighted by molar-refractivity contribution is -0.384. The summed E-state index contributed by atoms with van der Waals surface area (Å²) in [6, 6.07) is 9.28. The molecule has 0 saturated heterocycles. The molecule has 0 aliphatic heterocycles. The van der Waals surface area contributed by atoms with Crippen molar-refractivity contribution in [1.29, 1.82) is 0 Å². The molecule has 0 radical (unpaired) electrons. The molecule has 1 unspecified atom stereocenters. The van der Waals surface area contributed by atoms with Gasteiger partial charge < -0.3 is 10.1 Å². The summed E-state index contributed by atoms with van der Waals surface area (Å²) >= 11 is 2.82. The van der Waals surface area contributed by atoms with E-state index in [1.807, 2.05) is 17.5 Å². The quantitative estimate of drug-likeness (QED) is 0.379. The Bertz CT molecular complexity index is 984. The molecule has 0 bridgehead atoms. The van der Waals surface area contributed by atoms with Gasteiger partial charge in [0.15, 0.2) is 11.8 Å². The summed E-state index contributed by atoms with van der Waals surface area (Å²) in [5.74, 6) is -1.31. The van der Waals surface area contributed by atoms with Crippen molar-refractivity contribution in [2.24, 2.45) is 0 Å². The van der Waals surface area contributed by atoms with Crippen LogP contribution >= 0.6 is 22.7 Å². The van der Waals surface area contributed by atoms with Crippen molar-refractivity contribution >= 4 is 45.9 Å². The van der Waals surface area contributed by atoms with Crippen LogP contribution < -0.4 is 5.32 Å². The molecule has 3 rings (SSSR count). The summed E-state index contributed by atoms with van der Waals surface area (Å²) in [5, 5.41) is 17.4. The van der Waals surface area contributed by atoms with Crippen LogP contribution in [0.4, 0.5) is 11.4 Å². The smallest absolute Gasteiger partial charge is 0.358 e. The van der Waals surface area contributed by atoms with Crippen molar-refractivity contribution in [1.82, 2.24) is 4.98 Å². The van der Waals surface area contributed by atoms with Crippen LogP contribution in [0.3, 0.4) is 0 Å². The number of carbonyl (C=O) groups is 2. The van der Waals surface area contributed by atoms with Crippen molar-refractivity contribution in [2.75, 3.05) is 5.32 Å². The zero-order valence-electron chi connectivity index (χ0n) is 13.9. The third kappa shape index (κ3) is 4.54. The lowest BCUT2D eigenvalue weighted by Gasteiger charge is -2.12. The van der Waals surface area contributed by atoms with E-state index < -0.39 is 22.9 Å². The summed E-state index contributed by atoms with van der Waals surface area (Å²) < 4.78 is 5.14. The van der Waals surface area contributed by atoms with Crippen LogP contribution in [0.15, 0.2) is 47.2 Å². The molecule has 1 atom stereocenters. The van der Waals surface area contributed by atoms with Crippen molar-refractivity contribution in [2.45, 2.75) is 13.0 Å². The van der Waals surface area contributed by atoms with E-state index in [0.717, 1.165) is 4.88 Å². The number of hydrogen-bond donors (Lipinski definition) is 1. The predicted molar refractivity (Wildman–Crippen MR) is 102 cm³/mol. The first kappa shape index (κ1) is 18.7. The summed E-state index contributed by atoms with van der Waals surface area (Å²) in [5.41, 5.74) is 0.213. The Morgan fingerprint density at radius 1 is 1.26 bits per heavy atom. The number of nitro benzene ring substituents is 1. The largest absolute Gasteiger partial charge is 0.448 e. The van der Waals surface area contributed by atoms with E-state index in [1.54, 1.807) is 5.38 Å². The van der Waals surface area contributed by atoms with Crippen molar-refractivity contribution < 1.29 is 19.2 Å². The highest BCUT2D eigenvalue weighted by molar-refractivity contribution is 7.20. The second-order valence-electron chi connectivity index (χ2n) is 5.36. The minimum Gasteiger partial charge on any atom is -0.448 e. The highest BCUT2D eigenvalue weighted by atomic mass is 32.1. The fourth-order valence-electron chi connectivity index (χ4n) is 2.10. The van der Waals surface area contributed by atoms with Crippen molar-refractivity contribution in [3.63, 3.8) is 0 Å². The molecule has 27 heavy (non-hydrogen) atoms. The van der Waals surface area contributed by atoms with Gasteiger partial charge in [-0.05, 0) is 24.4 Å². The van der Waals surface area contributed by atoms with Crippen LogP contribution in [0.5, 0.6) is 0 Å². The van der Waals surface area contributed by atoms with Gasteiger partial charge in [0.2, 0.25) is 0 Å². The Morgan fingerprint density at radius 3 is 2.78 bits per heavy atom. The van der Waals surface area contributed by atoms with Crippen LogP contribution in [0.2, 0.25) is 0 Å². The summed E-state index contributed by atoms with van der Waals surface area (Å²) in [6.45, 7) is 1.41. The van der Waals surface area contributed by atoms with E-state index in [9.17, 15) is 19.7 Å². The molecule has 1 N–H and O–H groups in total. The third-order valence-electron chi connectivity index (χ3n) is 3.42. The maximum Gasteiger partial charge on any atom is 0.358 e. The maximum atomic E-state index is 12.2. The number of amides is 1. The lowest BCUT2D eigenvalue weighted by Crippen LogP contribution is -2.30. The Hall–Kier alpha value is -3.11. The first-order valence-electron chi connectivity index (χ1n) is 7.70.